The molecule has 1 unspecified atom stereocenters. The van der Waals surface area contributed by atoms with E-state index in [0.29, 0.717) is 43.3 Å². The van der Waals surface area contributed by atoms with Crippen LogP contribution in [0.15, 0.2) is 48.5 Å². The van der Waals surface area contributed by atoms with E-state index in [1.54, 1.807) is 28.9 Å². The molecule has 0 aliphatic carbocycles. The average molecular weight is 451 g/mol. The largest absolute Gasteiger partial charge is 0.479 e. The molecule has 1 saturated heterocycles. The summed E-state index contributed by atoms with van der Waals surface area (Å²) in [6.45, 7) is 3.34. The number of amides is 3. The lowest BCUT2D eigenvalue weighted by Gasteiger charge is -2.37. The number of ether oxygens (including phenoxy) is 1. The Bertz CT molecular complexity index is 1200. The van der Waals surface area contributed by atoms with Gasteiger partial charge in [0.15, 0.2) is 6.10 Å². The van der Waals surface area contributed by atoms with Gasteiger partial charge in [-0.05, 0) is 36.7 Å². The monoisotopic (exact) mass is 450 g/mol. The summed E-state index contributed by atoms with van der Waals surface area (Å²) in [6, 6.07) is 14.9. The van der Waals surface area contributed by atoms with E-state index in [-0.39, 0.29) is 24.3 Å². The van der Waals surface area contributed by atoms with Crippen LogP contribution in [0.4, 0.5) is 5.69 Å². The zero-order valence-electron chi connectivity index (χ0n) is 17.6. The fraction of sp³-hybridized carbons (Fsp3) is 0.304. The van der Waals surface area contributed by atoms with Crippen molar-refractivity contribution in [1.82, 2.24) is 14.2 Å². The number of anilines is 1. The molecule has 32 heavy (non-hydrogen) atoms. The number of carbonyl (C=O) groups is 3. The Kier molecular flexibility index (Phi) is 5.26. The Morgan fingerprint density at radius 2 is 1.72 bits per heavy atom. The minimum Gasteiger partial charge on any atom is -0.479 e. The van der Waals surface area contributed by atoms with Gasteiger partial charge in [-0.3, -0.25) is 19.3 Å². The molecule has 2 aromatic carbocycles. The molecule has 8 nitrogen and oxygen atoms in total. The number of fused-ring (bicyclic) bond motifs is 2. The van der Waals surface area contributed by atoms with E-state index in [1.807, 2.05) is 36.4 Å². The van der Waals surface area contributed by atoms with Crippen molar-refractivity contribution in [2.45, 2.75) is 13.0 Å². The van der Waals surface area contributed by atoms with Gasteiger partial charge in [-0.15, -0.1) is 0 Å². The second kappa shape index (κ2) is 8.23. The van der Waals surface area contributed by atoms with Gasteiger partial charge >= 0.3 is 0 Å². The molecule has 1 aromatic heterocycles. The average Bonchev–Trinajstić information content (AvgIpc) is 3.26. The summed E-state index contributed by atoms with van der Waals surface area (Å²) in [7, 11) is 0. The maximum Gasteiger partial charge on any atom is 0.274 e. The van der Waals surface area contributed by atoms with E-state index in [4.69, 9.17) is 4.74 Å². The Labute approximate surface area is 189 Å². The molecule has 9 heteroatoms. The van der Waals surface area contributed by atoms with Gasteiger partial charge in [-0.1, -0.05) is 30.3 Å². The van der Waals surface area contributed by atoms with Crippen LogP contribution in [0.1, 0.15) is 17.4 Å². The summed E-state index contributed by atoms with van der Waals surface area (Å²) in [5.74, 6) is 0.105. The fourth-order valence-electron chi connectivity index (χ4n) is 4.11. The first-order chi connectivity index (χ1) is 15.5. The number of carbonyl (C=O) groups excluding carboxylic acids is 3. The minimum absolute atomic E-state index is 0.0474. The van der Waals surface area contributed by atoms with Gasteiger partial charge in [-0.25, -0.2) is 0 Å². The van der Waals surface area contributed by atoms with E-state index in [9.17, 15) is 14.4 Å². The van der Waals surface area contributed by atoms with Crippen molar-refractivity contribution in [3.05, 3.63) is 54.2 Å². The Balaban J connectivity index is 1.24. The molecule has 3 amide bonds. The number of benzene rings is 2. The molecule has 0 bridgehead atoms. The van der Waals surface area contributed by atoms with Gasteiger partial charge in [-0.2, -0.15) is 4.37 Å². The molecule has 1 fully saturated rings. The van der Waals surface area contributed by atoms with Crippen LogP contribution in [-0.4, -0.2) is 70.7 Å². The molecule has 3 heterocycles. The molecule has 5 rings (SSSR count). The first kappa shape index (κ1) is 20.4. The second-order valence-electron chi connectivity index (χ2n) is 7.85. The first-order valence-corrected chi connectivity index (χ1v) is 11.3. The van der Waals surface area contributed by atoms with Crippen LogP contribution >= 0.6 is 11.5 Å². The SMILES string of the molecule is CC1Oc2ccccc2N(CC(=O)N2CCN(C(=O)c3nsc4ccccc34)CC2)C1=O. The highest BCUT2D eigenvalue weighted by Crippen LogP contribution is 2.33. The minimum atomic E-state index is -0.639. The van der Waals surface area contributed by atoms with Crippen molar-refractivity contribution in [2.75, 3.05) is 37.6 Å². The Morgan fingerprint density at radius 1 is 1.03 bits per heavy atom. The lowest BCUT2D eigenvalue weighted by molar-refractivity contribution is -0.134. The lowest BCUT2D eigenvalue weighted by atomic mass is 10.1. The molecule has 2 aliphatic rings. The standard InChI is InChI=1S/C23H22N4O4S/c1-15-22(29)27(17-7-3-4-8-18(17)31-15)14-20(28)25-10-12-26(13-11-25)23(30)21-16-6-2-5-9-19(16)32-24-21/h2-9,15H,10-14H2,1H3. The zero-order chi connectivity index (χ0) is 22.2. The molecule has 3 aromatic rings. The number of hydrogen-bond acceptors (Lipinski definition) is 6. The molecule has 0 saturated carbocycles. The van der Waals surface area contributed by atoms with Gasteiger partial charge < -0.3 is 14.5 Å². The van der Waals surface area contributed by atoms with Crippen LogP contribution in [0.3, 0.4) is 0 Å². The summed E-state index contributed by atoms with van der Waals surface area (Å²) in [5.41, 5.74) is 1.07. The summed E-state index contributed by atoms with van der Waals surface area (Å²) in [4.78, 5) is 43.6. The molecular weight excluding hydrogens is 428 g/mol. The molecule has 2 aliphatic heterocycles. The fourth-order valence-corrected chi connectivity index (χ4v) is 4.87. The van der Waals surface area contributed by atoms with E-state index in [0.717, 1.165) is 10.1 Å². The van der Waals surface area contributed by atoms with Crippen molar-refractivity contribution in [1.29, 1.82) is 0 Å². The lowest BCUT2D eigenvalue weighted by Crippen LogP contribution is -2.54. The van der Waals surface area contributed by atoms with Gasteiger partial charge in [0.05, 0.1) is 10.4 Å². The summed E-state index contributed by atoms with van der Waals surface area (Å²) in [6.07, 6.45) is -0.639. The molecule has 1 atom stereocenters. The number of hydrogen-bond donors (Lipinski definition) is 0. The first-order valence-electron chi connectivity index (χ1n) is 10.5. The van der Waals surface area contributed by atoms with Crippen molar-refractivity contribution in [3.8, 4) is 5.75 Å². The van der Waals surface area contributed by atoms with Crippen LogP contribution in [0.2, 0.25) is 0 Å². The van der Waals surface area contributed by atoms with Gasteiger partial charge in [0.2, 0.25) is 5.91 Å². The number of piperazine rings is 1. The number of para-hydroxylation sites is 2. The van der Waals surface area contributed by atoms with Crippen LogP contribution in [-0.2, 0) is 9.59 Å². The summed E-state index contributed by atoms with van der Waals surface area (Å²) >= 11 is 1.32. The van der Waals surface area contributed by atoms with Crippen molar-refractivity contribution in [2.24, 2.45) is 0 Å². The highest BCUT2D eigenvalue weighted by Gasteiger charge is 2.34. The second-order valence-corrected chi connectivity index (χ2v) is 8.66. The van der Waals surface area contributed by atoms with E-state index < -0.39 is 6.10 Å². The van der Waals surface area contributed by atoms with Gasteiger partial charge in [0.25, 0.3) is 11.8 Å². The van der Waals surface area contributed by atoms with E-state index in [1.165, 1.54) is 16.4 Å². The van der Waals surface area contributed by atoms with Crippen molar-refractivity contribution >= 4 is 45.0 Å². The van der Waals surface area contributed by atoms with Crippen LogP contribution in [0.25, 0.3) is 10.1 Å². The quantitative estimate of drug-likeness (QED) is 0.612. The summed E-state index contributed by atoms with van der Waals surface area (Å²) < 4.78 is 11.0. The Morgan fingerprint density at radius 3 is 2.53 bits per heavy atom. The van der Waals surface area contributed by atoms with Gasteiger partial charge in [0.1, 0.15) is 18.0 Å². The van der Waals surface area contributed by atoms with E-state index >= 15 is 0 Å². The number of nitrogens with zero attached hydrogens (tertiary/aromatic N) is 4. The molecular formula is C23H22N4O4S. The molecule has 0 spiro atoms. The zero-order valence-corrected chi connectivity index (χ0v) is 18.4. The highest BCUT2D eigenvalue weighted by molar-refractivity contribution is 7.13. The predicted octanol–water partition coefficient (Wildman–Crippen LogP) is 2.39. The highest BCUT2D eigenvalue weighted by atomic mass is 32.1. The molecule has 0 radical (unpaired) electrons. The van der Waals surface area contributed by atoms with Crippen LogP contribution in [0, 0.1) is 0 Å². The summed E-state index contributed by atoms with van der Waals surface area (Å²) in [5, 5.41) is 0.861. The van der Waals surface area contributed by atoms with Crippen molar-refractivity contribution < 1.29 is 19.1 Å². The normalized spacial score (nSPS) is 18.5. The number of rotatable bonds is 3. The topological polar surface area (TPSA) is 83.1 Å². The van der Waals surface area contributed by atoms with Crippen molar-refractivity contribution in [3.63, 3.8) is 0 Å². The van der Waals surface area contributed by atoms with Crippen LogP contribution < -0.4 is 9.64 Å². The maximum atomic E-state index is 13.0. The third-order valence-corrected chi connectivity index (χ3v) is 6.69. The third kappa shape index (κ3) is 3.58. The molecule has 164 valence electrons. The predicted molar refractivity (Wildman–Crippen MR) is 121 cm³/mol. The third-order valence-electron chi connectivity index (χ3n) is 5.87. The smallest absolute Gasteiger partial charge is 0.274 e. The van der Waals surface area contributed by atoms with Crippen LogP contribution in [0.5, 0.6) is 5.75 Å². The van der Waals surface area contributed by atoms with E-state index in [2.05, 4.69) is 4.37 Å². The maximum absolute atomic E-state index is 13.0. The Hall–Kier alpha value is -3.46. The number of aromatic nitrogens is 1. The molecule has 0 N–H and O–H groups in total. The van der Waals surface area contributed by atoms with Gasteiger partial charge in [0, 0.05) is 31.6 Å².